The third kappa shape index (κ3) is 9.70. The van der Waals surface area contributed by atoms with Crippen LogP contribution in [0.25, 0.3) is 0 Å². The van der Waals surface area contributed by atoms with Crippen molar-refractivity contribution in [3.05, 3.63) is 82.9 Å². The van der Waals surface area contributed by atoms with Crippen molar-refractivity contribution >= 4 is 41.5 Å². The fraction of sp³-hybridized carbons (Fsp3) is 0.580. The quantitative estimate of drug-likeness (QED) is 0.118. The molecule has 1 amide bonds. The lowest BCUT2D eigenvalue weighted by atomic mass is 9.44. The van der Waals surface area contributed by atoms with Crippen LogP contribution in [0.15, 0.2) is 71.8 Å². The van der Waals surface area contributed by atoms with Crippen LogP contribution in [-0.4, -0.2) is 130 Å². The minimum Gasteiger partial charge on any atom is -0.459 e. The number of ether oxygens (including phenoxy) is 7. The Morgan fingerprint density at radius 3 is 2.09 bits per heavy atom. The van der Waals surface area contributed by atoms with E-state index in [2.05, 4.69) is 5.32 Å². The predicted molar refractivity (Wildman–Crippen MR) is 238 cm³/mol. The maximum Gasteiger partial charge on any atom is 0.408 e. The van der Waals surface area contributed by atoms with Crippen molar-refractivity contribution in [2.45, 2.75) is 142 Å². The van der Waals surface area contributed by atoms with Gasteiger partial charge >= 0.3 is 30.0 Å². The maximum atomic E-state index is 15.6. The first-order valence-corrected chi connectivity index (χ1v) is 22.7. The summed E-state index contributed by atoms with van der Waals surface area (Å²) in [5, 5.41) is 40.6. The first-order chi connectivity index (χ1) is 31.7. The molecule has 2 aromatic carbocycles. The van der Waals surface area contributed by atoms with Crippen molar-refractivity contribution in [1.82, 2.24) is 5.32 Å². The number of aliphatic hydroxyl groups is 3. The monoisotopic (exact) mass is 949 g/mol. The van der Waals surface area contributed by atoms with Gasteiger partial charge in [0.1, 0.15) is 54.9 Å². The van der Waals surface area contributed by atoms with E-state index in [1.54, 1.807) is 83.1 Å². The predicted octanol–water partition coefficient (Wildman–Crippen LogP) is 4.05. The van der Waals surface area contributed by atoms with Gasteiger partial charge in [0.25, 0.3) is 0 Å². The fourth-order valence-electron chi connectivity index (χ4n) is 10.3. The number of aliphatic hydroxyl groups excluding tert-OH is 2. The molecule has 370 valence electrons. The summed E-state index contributed by atoms with van der Waals surface area (Å²) in [5.74, 6) is -7.41. The standard InChI is InChI=1S/C50H63NO17/c1-26(2)31(53)23-62-24-35(54)65-33-21-34-49(25-63-34,67-28(4)52)40-42(66-43(58)30-19-15-12-16-20-30)50(61)22-32(27(3)36(47(50,8)9)38(55)41(57)48(33,40)10)64-44(59)39(56)37(29-17-13-11-14-18-29)51-45(60)68-46(5,6)7/h11-20,26,32-34,37-40,42,55-56,61H,21-25H2,1-10H3,(H,51,60)/t32-,33-,34+,37-,38+,39+,40-,42-,48+,49-,50+/m0/s1. The van der Waals surface area contributed by atoms with E-state index in [1.807, 2.05) is 0 Å². The molecule has 0 spiro atoms. The lowest BCUT2D eigenvalue weighted by molar-refractivity contribution is -0.346. The highest BCUT2D eigenvalue weighted by Gasteiger charge is 2.78. The van der Waals surface area contributed by atoms with Crippen LogP contribution >= 0.6 is 0 Å². The van der Waals surface area contributed by atoms with Gasteiger partial charge in [-0.25, -0.2) is 19.2 Å². The summed E-state index contributed by atoms with van der Waals surface area (Å²) < 4.78 is 41.4. The van der Waals surface area contributed by atoms with Crippen LogP contribution in [0.3, 0.4) is 0 Å². The zero-order valence-corrected chi connectivity index (χ0v) is 40.1. The van der Waals surface area contributed by atoms with Gasteiger partial charge < -0.3 is 53.8 Å². The zero-order valence-electron chi connectivity index (χ0n) is 40.1. The first kappa shape index (κ1) is 51.9. The van der Waals surface area contributed by atoms with Crippen molar-refractivity contribution in [2.24, 2.45) is 22.7 Å². The highest BCUT2D eigenvalue weighted by molar-refractivity contribution is 5.94. The SMILES string of the molecule is CC(=O)O[C@@]12CO[C@@H]1C[C@H](OC(=O)COCC(=O)C(C)C)[C@@]1(C)C(=O)[C@H](O)C3=C(C)[C@@H](OC(=O)[C@H](O)[C@@H](NC(=O)OC(C)(C)C)c4ccccc4)C[C@@](O)([C@@H](OC(=O)c4ccccc4)[C@H]21)C3(C)C. The molecule has 1 saturated heterocycles. The number of amides is 1. The number of nitrogens with one attached hydrogen (secondary N) is 1. The van der Waals surface area contributed by atoms with Crippen molar-refractivity contribution in [3.63, 3.8) is 0 Å². The summed E-state index contributed by atoms with van der Waals surface area (Å²) in [5.41, 5.74) is -8.89. The third-order valence-corrected chi connectivity index (χ3v) is 13.9. The second-order valence-electron chi connectivity index (χ2n) is 20.2. The van der Waals surface area contributed by atoms with Crippen LogP contribution in [-0.2, 0) is 57.1 Å². The van der Waals surface area contributed by atoms with E-state index >= 15 is 4.79 Å². The van der Waals surface area contributed by atoms with Gasteiger partial charge in [0.05, 0.1) is 29.5 Å². The molecule has 2 bridgehead atoms. The molecule has 0 radical (unpaired) electrons. The molecule has 1 aliphatic heterocycles. The lowest BCUT2D eigenvalue weighted by Gasteiger charge is -2.67. The Labute approximate surface area is 395 Å². The number of hydrogen-bond acceptors (Lipinski definition) is 17. The van der Waals surface area contributed by atoms with Gasteiger partial charge in [0.2, 0.25) is 0 Å². The van der Waals surface area contributed by atoms with Crippen LogP contribution in [0.4, 0.5) is 4.79 Å². The summed E-state index contributed by atoms with van der Waals surface area (Å²) in [4.78, 5) is 96.4. The molecule has 3 fully saturated rings. The number of rotatable bonds is 14. The van der Waals surface area contributed by atoms with Crippen LogP contribution in [0, 0.1) is 22.7 Å². The van der Waals surface area contributed by atoms with Gasteiger partial charge in [-0.15, -0.1) is 0 Å². The normalized spacial score (nSPS) is 30.4. The third-order valence-electron chi connectivity index (χ3n) is 13.9. The zero-order chi connectivity index (χ0) is 50.3. The summed E-state index contributed by atoms with van der Waals surface area (Å²) in [6.45, 7) is 13.7. The van der Waals surface area contributed by atoms with E-state index in [9.17, 15) is 44.1 Å². The Kier molecular flexibility index (Phi) is 14.8. The Morgan fingerprint density at radius 2 is 1.53 bits per heavy atom. The molecule has 2 saturated carbocycles. The summed E-state index contributed by atoms with van der Waals surface area (Å²) >= 11 is 0. The molecular weight excluding hydrogens is 887 g/mol. The maximum absolute atomic E-state index is 15.6. The molecule has 3 aliphatic carbocycles. The Hall–Kier alpha value is -5.53. The van der Waals surface area contributed by atoms with E-state index in [-0.39, 0.29) is 41.4 Å². The molecule has 1 heterocycles. The number of fused-ring (bicyclic) bond motifs is 5. The molecule has 11 atom stereocenters. The van der Waals surface area contributed by atoms with E-state index in [1.165, 1.54) is 39.8 Å². The van der Waals surface area contributed by atoms with E-state index in [4.69, 9.17) is 33.2 Å². The molecular formula is C50H63NO17. The second kappa shape index (κ2) is 19.5. The van der Waals surface area contributed by atoms with E-state index < -0.39 is 132 Å². The number of carbonyl (C=O) groups excluding carboxylic acids is 7. The molecule has 68 heavy (non-hydrogen) atoms. The lowest BCUT2D eigenvalue weighted by Crippen LogP contribution is -2.82. The number of esters is 4. The molecule has 18 heteroatoms. The average Bonchev–Trinajstić information content (AvgIpc) is 3.25. The molecule has 2 aromatic rings. The number of ketones is 2. The minimum atomic E-state index is -2.47. The number of hydrogen-bond donors (Lipinski definition) is 4. The number of alkyl carbamates (subject to hydrolysis) is 1. The van der Waals surface area contributed by atoms with Gasteiger partial charge in [-0.2, -0.15) is 0 Å². The van der Waals surface area contributed by atoms with Crippen LogP contribution in [0.1, 0.15) is 104 Å². The molecule has 0 unspecified atom stereocenters. The average molecular weight is 950 g/mol. The molecule has 18 nitrogen and oxygen atoms in total. The Balaban J connectivity index is 1.50. The smallest absolute Gasteiger partial charge is 0.408 e. The topological polar surface area (TPSA) is 257 Å². The summed E-state index contributed by atoms with van der Waals surface area (Å²) in [6, 6.07) is 14.4. The molecule has 0 aromatic heterocycles. The molecule has 4 N–H and O–H groups in total. The van der Waals surface area contributed by atoms with Crippen molar-refractivity contribution in [3.8, 4) is 0 Å². The number of carbonyl (C=O) groups is 7. The van der Waals surface area contributed by atoms with Gasteiger partial charge in [0, 0.05) is 31.1 Å². The van der Waals surface area contributed by atoms with Crippen molar-refractivity contribution < 1.29 is 82.0 Å². The Bertz CT molecular complexity index is 2310. The number of Topliss-reactive ketones (excluding diaryl/α,β-unsaturated/α-hetero) is 2. The van der Waals surface area contributed by atoms with E-state index in [0.717, 1.165) is 6.92 Å². The second-order valence-corrected chi connectivity index (χ2v) is 20.2. The van der Waals surface area contributed by atoms with Crippen LogP contribution < -0.4 is 5.32 Å². The fourth-order valence-corrected chi connectivity index (χ4v) is 10.3. The van der Waals surface area contributed by atoms with E-state index in [0.29, 0.717) is 5.56 Å². The largest absolute Gasteiger partial charge is 0.459 e. The van der Waals surface area contributed by atoms with Crippen LogP contribution in [0.5, 0.6) is 0 Å². The van der Waals surface area contributed by atoms with Gasteiger partial charge in [0.15, 0.2) is 23.3 Å². The summed E-state index contributed by atoms with van der Waals surface area (Å²) in [6.07, 6.45) is -12.2. The van der Waals surface area contributed by atoms with Crippen LogP contribution in [0.2, 0.25) is 0 Å². The minimum absolute atomic E-state index is 0.0251. The van der Waals surface area contributed by atoms with Gasteiger partial charge in [-0.1, -0.05) is 76.2 Å². The highest BCUT2D eigenvalue weighted by atomic mass is 16.6. The highest BCUT2D eigenvalue weighted by Crippen LogP contribution is 2.64. The first-order valence-electron chi connectivity index (χ1n) is 22.7. The molecule has 4 aliphatic rings. The van der Waals surface area contributed by atoms with Crippen molar-refractivity contribution in [2.75, 3.05) is 19.8 Å². The van der Waals surface area contributed by atoms with Crippen molar-refractivity contribution in [1.29, 1.82) is 0 Å². The Morgan fingerprint density at radius 1 is 0.912 bits per heavy atom. The number of benzene rings is 2. The molecule has 6 rings (SSSR count). The van der Waals surface area contributed by atoms with Gasteiger partial charge in [-0.05, 0) is 63.5 Å². The summed E-state index contributed by atoms with van der Waals surface area (Å²) in [7, 11) is 0. The van der Waals surface area contributed by atoms with Gasteiger partial charge in [-0.3, -0.25) is 14.4 Å².